The molecule has 0 radical (unpaired) electrons. The van der Waals surface area contributed by atoms with Crippen molar-refractivity contribution in [2.75, 3.05) is 0 Å². The number of sulfone groups is 1. The highest BCUT2D eigenvalue weighted by molar-refractivity contribution is 7.94. The smallest absolute Gasteiger partial charge is 0.190 e. The molecule has 0 saturated heterocycles. The van der Waals surface area contributed by atoms with Gasteiger partial charge in [0, 0.05) is 12.4 Å². The molecule has 0 aliphatic carbocycles. The van der Waals surface area contributed by atoms with Crippen molar-refractivity contribution in [1.82, 2.24) is 4.98 Å². The minimum Gasteiger partial charge on any atom is -0.263 e. The van der Waals surface area contributed by atoms with E-state index in [1.54, 1.807) is 32.3 Å². The fourth-order valence-electron chi connectivity index (χ4n) is 1.23. The van der Waals surface area contributed by atoms with E-state index in [9.17, 15) is 8.42 Å². The average Bonchev–Trinajstić information content (AvgIpc) is 2.61. The monoisotopic (exact) mass is 241 g/mol. The van der Waals surface area contributed by atoms with Crippen LogP contribution in [-0.2, 0) is 9.84 Å². The number of hydrogen-bond donors (Lipinski definition) is 0. The molecule has 2 aromatic heterocycles. The lowest BCUT2D eigenvalue weighted by Crippen LogP contribution is -2.12. The molecular weight excluding hydrogens is 230 g/mol. The second-order valence-corrected chi connectivity index (χ2v) is 7.39. The van der Waals surface area contributed by atoms with Gasteiger partial charge in [0.05, 0.1) is 9.95 Å². The molecule has 15 heavy (non-hydrogen) atoms. The maximum Gasteiger partial charge on any atom is 0.190 e. The van der Waals surface area contributed by atoms with Crippen molar-refractivity contribution in [3.8, 4) is 0 Å². The number of nitrogens with zero attached hydrogens (tertiary/aromatic N) is 1. The van der Waals surface area contributed by atoms with Gasteiger partial charge in [-0.15, -0.1) is 11.3 Å². The molecule has 0 saturated carbocycles. The van der Waals surface area contributed by atoms with E-state index in [0.717, 1.165) is 10.1 Å². The summed E-state index contributed by atoms with van der Waals surface area (Å²) < 4.78 is 25.1. The van der Waals surface area contributed by atoms with Crippen LogP contribution in [-0.4, -0.2) is 18.7 Å². The van der Waals surface area contributed by atoms with Crippen LogP contribution in [0, 0.1) is 0 Å². The highest BCUT2D eigenvalue weighted by Crippen LogP contribution is 2.30. The molecule has 0 aliphatic heterocycles. The Labute approximate surface area is 92.7 Å². The summed E-state index contributed by atoms with van der Waals surface area (Å²) in [6.07, 6.45) is 3.36. The summed E-state index contributed by atoms with van der Waals surface area (Å²) >= 11 is 1.28. The number of aromatic nitrogens is 1. The topological polar surface area (TPSA) is 47.0 Å². The Hall–Kier alpha value is -0.940. The Morgan fingerprint density at radius 3 is 2.73 bits per heavy atom. The van der Waals surface area contributed by atoms with Gasteiger partial charge < -0.3 is 0 Å². The zero-order chi connectivity index (χ0) is 11.1. The molecule has 0 N–H and O–H groups in total. The maximum absolute atomic E-state index is 11.9. The van der Waals surface area contributed by atoms with E-state index in [2.05, 4.69) is 4.98 Å². The lowest BCUT2D eigenvalue weighted by molar-refractivity contribution is 0.589. The predicted octanol–water partition coefficient (Wildman–Crippen LogP) is 2.48. The summed E-state index contributed by atoms with van der Waals surface area (Å²) in [4.78, 5) is 3.97. The molecule has 0 fully saturated rings. The first-order valence-corrected chi connectivity index (χ1v) is 6.95. The first kappa shape index (κ1) is 10.6. The third kappa shape index (κ3) is 1.77. The van der Waals surface area contributed by atoms with Gasteiger partial charge in [0.25, 0.3) is 0 Å². The minimum absolute atomic E-state index is 0.376. The van der Waals surface area contributed by atoms with Crippen molar-refractivity contribution < 1.29 is 8.42 Å². The van der Waals surface area contributed by atoms with Crippen LogP contribution in [0.5, 0.6) is 0 Å². The van der Waals surface area contributed by atoms with Crippen molar-refractivity contribution in [3.63, 3.8) is 0 Å². The Balaban J connectivity index is 2.64. The summed E-state index contributed by atoms with van der Waals surface area (Å²) in [5.41, 5.74) is 0. The van der Waals surface area contributed by atoms with E-state index in [-0.39, 0.29) is 5.25 Å². The number of rotatable bonds is 2. The summed E-state index contributed by atoms with van der Waals surface area (Å²) in [6, 6.07) is 3.54. The van der Waals surface area contributed by atoms with E-state index in [1.165, 1.54) is 11.3 Å². The SMILES string of the molecule is CC(C)S(=O)(=O)c1cc2ccncc2s1. The van der Waals surface area contributed by atoms with Gasteiger partial charge >= 0.3 is 0 Å². The Morgan fingerprint density at radius 1 is 1.40 bits per heavy atom. The van der Waals surface area contributed by atoms with Crippen LogP contribution in [0.15, 0.2) is 28.7 Å². The highest BCUT2D eigenvalue weighted by atomic mass is 32.2. The number of thiophene rings is 1. The van der Waals surface area contributed by atoms with E-state index in [4.69, 9.17) is 0 Å². The van der Waals surface area contributed by atoms with Gasteiger partial charge in [0.1, 0.15) is 4.21 Å². The van der Waals surface area contributed by atoms with Crippen molar-refractivity contribution in [1.29, 1.82) is 0 Å². The Kier molecular flexibility index (Phi) is 2.52. The molecular formula is C10H11NO2S2. The lowest BCUT2D eigenvalue weighted by Gasteiger charge is -2.03. The molecule has 2 aromatic rings. The second kappa shape index (κ2) is 3.57. The normalized spacial score (nSPS) is 12.5. The molecule has 5 heteroatoms. The molecule has 2 rings (SSSR count). The van der Waals surface area contributed by atoms with Crippen molar-refractivity contribution >= 4 is 31.3 Å². The third-order valence-corrected chi connectivity index (χ3v) is 5.95. The molecule has 0 unspecified atom stereocenters. The fraction of sp³-hybridized carbons (Fsp3) is 0.300. The van der Waals surface area contributed by atoms with Crippen molar-refractivity contribution in [2.24, 2.45) is 0 Å². The molecule has 0 atom stereocenters. The van der Waals surface area contributed by atoms with Crippen LogP contribution in [0.25, 0.3) is 10.1 Å². The van der Waals surface area contributed by atoms with E-state index in [1.807, 2.05) is 6.07 Å². The van der Waals surface area contributed by atoms with Gasteiger partial charge in [-0.25, -0.2) is 8.42 Å². The van der Waals surface area contributed by atoms with Gasteiger partial charge in [-0.2, -0.15) is 0 Å². The van der Waals surface area contributed by atoms with Gasteiger partial charge in [-0.05, 0) is 31.4 Å². The fourth-order valence-corrected chi connectivity index (χ4v) is 4.06. The van der Waals surface area contributed by atoms with Gasteiger partial charge in [-0.3, -0.25) is 4.98 Å². The molecule has 0 aromatic carbocycles. The molecule has 0 bridgehead atoms. The van der Waals surface area contributed by atoms with E-state index in [0.29, 0.717) is 4.21 Å². The Morgan fingerprint density at radius 2 is 2.13 bits per heavy atom. The molecule has 3 nitrogen and oxygen atoms in total. The van der Waals surface area contributed by atoms with Crippen molar-refractivity contribution in [2.45, 2.75) is 23.3 Å². The first-order valence-electron chi connectivity index (χ1n) is 4.59. The van der Waals surface area contributed by atoms with Crippen molar-refractivity contribution in [3.05, 3.63) is 24.5 Å². The minimum atomic E-state index is -3.15. The number of hydrogen-bond acceptors (Lipinski definition) is 4. The largest absolute Gasteiger partial charge is 0.263 e. The summed E-state index contributed by atoms with van der Waals surface area (Å²) in [7, 11) is -3.15. The van der Waals surface area contributed by atoms with Crippen LogP contribution in [0.2, 0.25) is 0 Å². The van der Waals surface area contributed by atoms with Crippen LogP contribution in [0.4, 0.5) is 0 Å². The third-order valence-electron chi connectivity index (χ3n) is 2.20. The first-order chi connectivity index (χ1) is 7.01. The highest BCUT2D eigenvalue weighted by Gasteiger charge is 2.21. The Bertz CT molecular complexity index is 551. The second-order valence-electron chi connectivity index (χ2n) is 3.57. The summed E-state index contributed by atoms with van der Waals surface area (Å²) in [5.74, 6) is 0. The van der Waals surface area contributed by atoms with E-state index < -0.39 is 9.84 Å². The molecule has 0 amide bonds. The van der Waals surface area contributed by atoms with Crippen LogP contribution in [0.3, 0.4) is 0 Å². The molecule has 80 valence electrons. The predicted molar refractivity (Wildman–Crippen MR) is 61.9 cm³/mol. The van der Waals surface area contributed by atoms with Crippen LogP contribution in [0.1, 0.15) is 13.8 Å². The molecule has 0 aliphatic rings. The zero-order valence-electron chi connectivity index (χ0n) is 8.47. The zero-order valence-corrected chi connectivity index (χ0v) is 10.1. The average molecular weight is 241 g/mol. The van der Waals surface area contributed by atoms with Crippen LogP contribution >= 0.6 is 11.3 Å². The van der Waals surface area contributed by atoms with Crippen LogP contribution < -0.4 is 0 Å². The number of pyridine rings is 1. The lowest BCUT2D eigenvalue weighted by atomic mass is 10.3. The maximum atomic E-state index is 11.9. The number of fused-ring (bicyclic) bond motifs is 1. The molecule has 2 heterocycles. The summed E-state index contributed by atoms with van der Waals surface area (Å²) in [5, 5.41) is 0.563. The quantitative estimate of drug-likeness (QED) is 0.811. The summed E-state index contributed by atoms with van der Waals surface area (Å²) in [6.45, 7) is 3.38. The van der Waals surface area contributed by atoms with Gasteiger partial charge in [-0.1, -0.05) is 0 Å². The van der Waals surface area contributed by atoms with E-state index >= 15 is 0 Å². The van der Waals surface area contributed by atoms with Gasteiger partial charge in [0.15, 0.2) is 9.84 Å². The van der Waals surface area contributed by atoms with Gasteiger partial charge in [0.2, 0.25) is 0 Å². The standard InChI is InChI=1S/C10H11NO2S2/c1-7(2)15(12,13)10-5-8-3-4-11-6-9(8)14-10/h3-7H,1-2H3. The molecule has 0 spiro atoms.